The number of nitrogens with two attached hydrogens (primary N) is 1. The summed E-state index contributed by atoms with van der Waals surface area (Å²) in [5.74, 6) is -0.0496. The first kappa shape index (κ1) is 24.3. The number of nitrogens with zero attached hydrogens (tertiary/aromatic N) is 2. The highest BCUT2D eigenvalue weighted by molar-refractivity contribution is 6.36. The van der Waals surface area contributed by atoms with Gasteiger partial charge in [-0.1, -0.05) is 35.3 Å². The summed E-state index contributed by atoms with van der Waals surface area (Å²) in [7, 11) is 0. The average Bonchev–Trinajstić information content (AvgIpc) is 2.83. The van der Waals surface area contributed by atoms with Crippen molar-refractivity contribution in [1.82, 2.24) is 15.2 Å². The summed E-state index contributed by atoms with van der Waals surface area (Å²) in [4.78, 5) is 19.0. The molecule has 1 fully saturated rings. The molecular formula is C25H25Cl2FN4O2. The Bertz CT molecular complexity index is 1230. The first-order valence-corrected chi connectivity index (χ1v) is 11.7. The van der Waals surface area contributed by atoms with Crippen LogP contribution in [0.1, 0.15) is 34.5 Å². The molecule has 0 spiro atoms. The Morgan fingerprint density at radius 3 is 2.62 bits per heavy atom. The Morgan fingerprint density at radius 2 is 1.91 bits per heavy atom. The molecule has 1 aromatic heterocycles. The number of ether oxygens (including phenoxy) is 1. The molecule has 1 atom stereocenters. The minimum absolute atomic E-state index is 0.0303. The standard InChI is InChI=1S/C25H25Cl2FN4O2/c1-14-11-16(3-4-18(14)25(33)32-9-7-30-8-10-32)17-12-21(24(29)31-13-17)34-15(2)22-19(26)5-6-20(28)23(22)27/h3-6,11-13,15,30H,7-10H2,1-2H3,(H2,29,31). The average molecular weight is 503 g/mol. The van der Waals surface area contributed by atoms with E-state index in [9.17, 15) is 9.18 Å². The Kier molecular flexibility index (Phi) is 7.26. The third-order valence-corrected chi connectivity index (χ3v) is 6.58. The van der Waals surface area contributed by atoms with Gasteiger partial charge in [-0.25, -0.2) is 9.37 Å². The van der Waals surface area contributed by atoms with Crippen molar-refractivity contribution in [2.45, 2.75) is 20.0 Å². The van der Waals surface area contributed by atoms with E-state index in [4.69, 9.17) is 33.7 Å². The van der Waals surface area contributed by atoms with Gasteiger partial charge in [-0.3, -0.25) is 4.79 Å². The van der Waals surface area contributed by atoms with Crippen LogP contribution in [0.15, 0.2) is 42.6 Å². The molecule has 1 aliphatic heterocycles. The lowest BCUT2D eigenvalue weighted by molar-refractivity contribution is 0.0735. The van der Waals surface area contributed by atoms with Crippen LogP contribution in [0.5, 0.6) is 5.75 Å². The lowest BCUT2D eigenvalue weighted by Crippen LogP contribution is -2.46. The van der Waals surface area contributed by atoms with Crippen LogP contribution in [0.2, 0.25) is 10.0 Å². The number of aromatic nitrogens is 1. The Balaban J connectivity index is 1.59. The number of pyridine rings is 1. The molecule has 3 N–H and O–H groups in total. The molecular weight excluding hydrogens is 478 g/mol. The van der Waals surface area contributed by atoms with Gasteiger partial charge in [0.25, 0.3) is 5.91 Å². The molecule has 0 bridgehead atoms. The number of hydrogen-bond donors (Lipinski definition) is 2. The largest absolute Gasteiger partial charge is 0.482 e. The molecule has 0 radical (unpaired) electrons. The number of nitrogens with one attached hydrogen (secondary N) is 1. The van der Waals surface area contributed by atoms with Gasteiger partial charge in [-0.05, 0) is 49.2 Å². The van der Waals surface area contributed by atoms with Crippen molar-refractivity contribution in [3.63, 3.8) is 0 Å². The summed E-state index contributed by atoms with van der Waals surface area (Å²) in [6.45, 7) is 6.61. The van der Waals surface area contributed by atoms with Gasteiger partial charge in [-0.2, -0.15) is 0 Å². The number of hydrogen-bond acceptors (Lipinski definition) is 5. The molecule has 4 rings (SSSR count). The number of rotatable bonds is 5. The van der Waals surface area contributed by atoms with E-state index in [-0.39, 0.29) is 16.7 Å². The third-order valence-electron chi connectivity index (χ3n) is 5.87. The summed E-state index contributed by atoms with van der Waals surface area (Å²) < 4.78 is 19.9. The Hall–Kier alpha value is -2.87. The molecule has 0 aliphatic carbocycles. The van der Waals surface area contributed by atoms with Gasteiger partial charge >= 0.3 is 0 Å². The zero-order chi connectivity index (χ0) is 24.4. The van der Waals surface area contributed by atoms with Crippen LogP contribution < -0.4 is 15.8 Å². The number of piperazine rings is 1. The van der Waals surface area contributed by atoms with E-state index >= 15 is 0 Å². The van der Waals surface area contributed by atoms with E-state index in [1.807, 2.05) is 30.0 Å². The number of benzene rings is 2. The second kappa shape index (κ2) is 10.2. The SMILES string of the molecule is Cc1cc(-c2cnc(N)c(OC(C)c3c(Cl)ccc(F)c3Cl)c2)ccc1C(=O)N1CCNCC1. The number of carbonyl (C=O) groups excluding carboxylic acids is 1. The fraction of sp³-hybridized carbons (Fsp3) is 0.280. The van der Waals surface area contributed by atoms with Crippen LogP contribution >= 0.6 is 23.2 Å². The van der Waals surface area contributed by atoms with E-state index in [1.165, 1.54) is 12.1 Å². The number of anilines is 1. The van der Waals surface area contributed by atoms with E-state index in [1.54, 1.807) is 19.2 Å². The van der Waals surface area contributed by atoms with Crippen LogP contribution in [0.3, 0.4) is 0 Å². The lowest BCUT2D eigenvalue weighted by atomic mass is 10.00. The van der Waals surface area contributed by atoms with Gasteiger partial charge in [0, 0.05) is 54.1 Å². The molecule has 3 aromatic rings. The molecule has 2 heterocycles. The molecule has 1 amide bonds. The fourth-order valence-electron chi connectivity index (χ4n) is 3.99. The highest BCUT2D eigenvalue weighted by atomic mass is 35.5. The fourth-order valence-corrected chi connectivity index (χ4v) is 4.67. The first-order chi connectivity index (χ1) is 16.3. The normalized spacial score (nSPS) is 14.7. The quantitative estimate of drug-likeness (QED) is 0.464. The number of aryl methyl sites for hydroxylation is 1. The van der Waals surface area contributed by atoms with Gasteiger partial charge in [0.2, 0.25) is 0 Å². The van der Waals surface area contributed by atoms with Crippen molar-refractivity contribution < 1.29 is 13.9 Å². The summed E-state index contributed by atoms with van der Waals surface area (Å²) in [5, 5.41) is 3.45. The molecule has 0 saturated carbocycles. The summed E-state index contributed by atoms with van der Waals surface area (Å²) >= 11 is 12.4. The van der Waals surface area contributed by atoms with E-state index < -0.39 is 11.9 Å². The highest BCUT2D eigenvalue weighted by Crippen LogP contribution is 2.37. The van der Waals surface area contributed by atoms with Gasteiger partial charge in [0.15, 0.2) is 11.6 Å². The molecule has 1 saturated heterocycles. The van der Waals surface area contributed by atoms with E-state index in [2.05, 4.69) is 10.3 Å². The van der Waals surface area contributed by atoms with Crippen LogP contribution in [-0.4, -0.2) is 42.0 Å². The maximum Gasteiger partial charge on any atom is 0.254 e. The summed E-state index contributed by atoms with van der Waals surface area (Å²) in [5.41, 5.74) is 9.54. The highest BCUT2D eigenvalue weighted by Gasteiger charge is 2.21. The predicted octanol–water partition coefficient (Wildman–Crippen LogP) is 5.27. The third kappa shape index (κ3) is 4.97. The monoisotopic (exact) mass is 502 g/mol. The minimum Gasteiger partial charge on any atom is -0.482 e. The maximum atomic E-state index is 14.0. The van der Waals surface area contributed by atoms with Crippen molar-refractivity contribution >= 4 is 34.9 Å². The predicted molar refractivity (Wildman–Crippen MR) is 133 cm³/mol. The van der Waals surface area contributed by atoms with Crippen molar-refractivity contribution in [1.29, 1.82) is 0 Å². The van der Waals surface area contributed by atoms with Gasteiger partial charge < -0.3 is 20.7 Å². The van der Waals surface area contributed by atoms with Crippen molar-refractivity contribution in [3.05, 3.63) is 75.1 Å². The second-order valence-corrected chi connectivity index (χ2v) is 8.98. The molecule has 34 heavy (non-hydrogen) atoms. The minimum atomic E-state index is -0.671. The smallest absolute Gasteiger partial charge is 0.254 e. The van der Waals surface area contributed by atoms with Gasteiger partial charge in [0.1, 0.15) is 11.9 Å². The van der Waals surface area contributed by atoms with Crippen molar-refractivity contribution in [3.8, 4) is 16.9 Å². The molecule has 6 nitrogen and oxygen atoms in total. The summed E-state index contributed by atoms with van der Waals surface area (Å²) in [6.07, 6.45) is 0.970. The number of carbonyl (C=O) groups is 1. The number of amides is 1. The lowest BCUT2D eigenvalue weighted by Gasteiger charge is -2.28. The van der Waals surface area contributed by atoms with Crippen LogP contribution in [0.25, 0.3) is 11.1 Å². The molecule has 178 valence electrons. The van der Waals surface area contributed by atoms with Gasteiger partial charge in [0.05, 0.1) is 5.02 Å². The van der Waals surface area contributed by atoms with Crippen molar-refractivity contribution in [2.24, 2.45) is 0 Å². The molecule has 1 aliphatic rings. The van der Waals surface area contributed by atoms with Gasteiger partial charge in [-0.15, -0.1) is 0 Å². The van der Waals surface area contributed by atoms with Crippen LogP contribution in [0.4, 0.5) is 10.2 Å². The molecule has 9 heteroatoms. The second-order valence-electron chi connectivity index (χ2n) is 8.20. The van der Waals surface area contributed by atoms with E-state index in [0.29, 0.717) is 35.0 Å². The zero-order valence-electron chi connectivity index (χ0n) is 18.9. The maximum absolute atomic E-state index is 14.0. The molecule has 1 unspecified atom stereocenters. The Morgan fingerprint density at radius 1 is 1.18 bits per heavy atom. The Labute approximate surface area is 207 Å². The van der Waals surface area contributed by atoms with Crippen LogP contribution in [0, 0.1) is 12.7 Å². The van der Waals surface area contributed by atoms with Crippen molar-refractivity contribution in [2.75, 3.05) is 31.9 Å². The first-order valence-electron chi connectivity index (χ1n) is 10.9. The number of nitrogen functional groups attached to an aromatic ring is 1. The molecule has 2 aromatic carbocycles. The summed E-state index contributed by atoms with van der Waals surface area (Å²) in [6, 6.07) is 10.0. The van der Waals surface area contributed by atoms with E-state index in [0.717, 1.165) is 29.8 Å². The zero-order valence-corrected chi connectivity index (χ0v) is 20.4. The van der Waals surface area contributed by atoms with Crippen LogP contribution in [-0.2, 0) is 0 Å². The topological polar surface area (TPSA) is 80.5 Å². The number of halogens is 3.